The first kappa shape index (κ1) is 45.5. The maximum Gasteiger partial charge on any atom is 0.419 e. The Morgan fingerprint density at radius 1 is 1.10 bits per heavy atom. The van der Waals surface area contributed by atoms with Crippen LogP contribution in [0.25, 0.3) is 21.6 Å². The first-order valence-corrected chi connectivity index (χ1v) is 22.6. The van der Waals surface area contributed by atoms with Gasteiger partial charge in [-0.25, -0.2) is 22.8 Å². The highest BCUT2D eigenvalue weighted by Crippen LogP contribution is 2.47. The third kappa shape index (κ3) is 8.73. The minimum Gasteiger partial charge on any atom is -0.496 e. The van der Waals surface area contributed by atoms with Crippen molar-refractivity contribution < 1.29 is 49.8 Å². The van der Waals surface area contributed by atoms with Crippen LogP contribution in [0.5, 0.6) is 11.5 Å². The Kier molecular flexibility index (Phi) is 11.9. The number of rotatable bonds is 15. The monoisotopic (exact) mass is 912 g/mol. The third-order valence-corrected chi connectivity index (χ3v) is 15.1. The Bertz CT molecular complexity index is 2650. The van der Waals surface area contributed by atoms with Crippen molar-refractivity contribution in [3.05, 3.63) is 89.2 Å². The Hall–Kier alpha value is -5.56. The van der Waals surface area contributed by atoms with Gasteiger partial charge in [0.05, 0.1) is 35.2 Å². The number of alkyl halides is 3. The van der Waals surface area contributed by atoms with E-state index in [2.05, 4.69) is 28.5 Å². The van der Waals surface area contributed by atoms with E-state index in [1.54, 1.807) is 18.2 Å². The van der Waals surface area contributed by atoms with E-state index >= 15 is 0 Å². The number of likely N-dealkylation sites (tertiary alicyclic amines) is 1. The second-order valence-electron chi connectivity index (χ2n) is 17.0. The SMILES string of the molecule is C=C[C@@H]1C[C@]1(NC(=O)[C@@H]1C[C@@H](Oc2cc(-c3nc(C(C)C)cs3)nc3c(C)c(OC)ccc23)CN1C(=O)[C@@H](Nc1ccc(F)c(C(F)(F)F)c1)C(=C)C)C(=O)NS(=O)(=O)C1(C)CC1. The molecule has 3 fully saturated rings. The summed E-state index contributed by atoms with van der Waals surface area (Å²) in [5.41, 5.74) is -0.689. The number of thiazole rings is 1. The highest BCUT2D eigenvalue weighted by molar-refractivity contribution is 7.91. The molecule has 63 heavy (non-hydrogen) atoms. The molecule has 2 aromatic carbocycles. The molecule has 5 atom stereocenters. The Morgan fingerprint density at radius 2 is 1.81 bits per heavy atom. The van der Waals surface area contributed by atoms with Crippen LogP contribution in [0.4, 0.5) is 23.2 Å². The van der Waals surface area contributed by atoms with Crippen LogP contribution in [-0.4, -0.2) is 83.1 Å². The van der Waals surface area contributed by atoms with Crippen LogP contribution >= 0.6 is 11.3 Å². The van der Waals surface area contributed by atoms with Crippen LogP contribution in [0.15, 0.2) is 66.6 Å². The molecule has 336 valence electrons. The zero-order valence-electron chi connectivity index (χ0n) is 35.5. The molecule has 0 spiro atoms. The normalized spacial score (nSPS) is 22.0. The van der Waals surface area contributed by atoms with E-state index in [4.69, 9.17) is 19.4 Å². The number of hydrogen-bond donors (Lipinski definition) is 3. The number of benzene rings is 2. The van der Waals surface area contributed by atoms with Gasteiger partial charge < -0.3 is 25.0 Å². The lowest BCUT2D eigenvalue weighted by Gasteiger charge is -2.30. The van der Waals surface area contributed by atoms with Gasteiger partial charge in [-0.05, 0) is 81.9 Å². The van der Waals surface area contributed by atoms with E-state index in [1.807, 2.05) is 26.2 Å². The molecular formula is C44H48F4N6O7S2. The van der Waals surface area contributed by atoms with E-state index in [0.29, 0.717) is 58.1 Å². The van der Waals surface area contributed by atoms with Gasteiger partial charge in [0.2, 0.25) is 21.8 Å². The molecule has 2 aliphatic carbocycles. The smallest absolute Gasteiger partial charge is 0.419 e. The molecule has 4 aromatic rings. The average Bonchev–Trinajstić information content (AvgIpc) is 4.00. The predicted octanol–water partition coefficient (Wildman–Crippen LogP) is 7.42. The van der Waals surface area contributed by atoms with Crippen LogP contribution < -0.4 is 24.8 Å². The molecule has 3 N–H and O–H groups in total. The van der Waals surface area contributed by atoms with Gasteiger partial charge in [0.15, 0.2) is 0 Å². The van der Waals surface area contributed by atoms with Crippen LogP contribution in [0.2, 0.25) is 0 Å². The number of ether oxygens (including phenoxy) is 2. The number of nitrogens with zero attached hydrogens (tertiary/aromatic N) is 3. The van der Waals surface area contributed by atoms with Crippen molar-refractivity contribution in [2.45, 2.75) is 101 Å². The topological polar surface area (TPSA) is 169 Å². The molecule has 0 radical (unpaired) electrons. The van der Waals surface area contributed by atoms with E-state index in [1.165, 1.54) is 43.3 Å². The van der Waals surface area contributed by atoms with Crippen LogP contribution in [0.3, 0.4) is 0 Å². The summed E-state index contributed by atoms with van der Waals surface area (Å²) in [6.45, 7) is 16.3. The number of halogens is 4. The lowest BCUT2D eigenvalue weighted by Crippen LogP contribution is -2.58. The highest BCUT2D eigenvalue weighted by atomic mass is 32.2. The number of nitrogens with one attached hydrogen (secondary N) is 3. The predicted molar refractivity (Wildman–Crippen MR) is 230 cm³/mol. The summed E-state index contributed by atoms with van der Waals surface area (Å²) < 4.78 is 94.9. The lowest BCUT2D eigenvalue weighted by atomic mass is 10.1. The molecule has 1 aliphatic heterocycles. The lowest BCUT2D eigenvalue weighted by molar-refractivity contribution is -0.140. The number of sulfonamides is 1. The number of hydrogen-bond acceptors (Lipinski definition) is 11. The summed E-state index contributed by atoms with van der Waals surface area (Å²) in [6.07, 6.45) is -3.87. The maximum atomic E-state index is 14.7. The van der Waals surface area contributed by atoms with Gasteiger partial charge in [-0.3, -0.25) is 19.1 Å². The zero-order valence-corrected chi connectivity index (χ0v) is 37.1. The number of aromatic nitrogens is 2. The Labute approximate surface area is 366 Å². The number of methoxy groups -OCH3 is 1. The average molecular weight is 913 g/mol. The molecule has 3 amide bonds. The molecule has 2 saturated carbocycles. The fourth-order valence-electron chi connectivity index (χ4n) is 7.71. The second-order valence-corrected chi connectivity index (χ2v) is 20.1. The van der Waals surface area contributed by atoms with Crippen molar-refractivity contribution in [3.63, 3.8) is 0 Å². The summed E-state index contributed by atoms with van der Waals surface area (Å²) in [7, 11) is -2.56. The van der Waals surface area contributed by atoms with Gasteiger partial charge in [-0.15, -0.1) is 17.9 Å². The van der Waals surface area contributed by atoms with Crippen molar-refractivity contribution in [3.8, 4) is 22.2 Å². The molecule has 0 bridgehead atoms. The van der Waals surface area contributed by atoms with Gasteiger partial charge in [0.1, 0.15) is 51.7 Å². The van der Waals surface area contributed by atoms with Crippen molar-refractivity contribution >= 4 is 55.7 Å². The Morgan fingerprint density at radius 3 is 2.40 bits per heavy atom. The van der Waals surface area contributed by atoms with Crippen molar-refractivity contribution in [1.29, 1.82) is 0 Å². The summed E-state index contributed by atoms with van der Waals surface area (Å²) in [5.74, 6) is -3.61. The van der Waals surface area contributed by atoms with Gasteiger partial charge in [0.25, 0.3) is 5.91 Å². The molecule has 3 heterocycles. The van der Waals surface area contributed by atoms with Gasteiger partial charge in [-0.1, -0.05) is 26.5 Å². The number of fused-ring (bicyclic) bond motifs is 1. The number of aryl methyl sites for hydroxylation is 1. The second kappa shape index (κ2) is 16.5. The van der Waals surface area contributed by atoms with Gasteiger partial charge >= 0.3 is 6.18 Å². The maximum absolute atomic E-state index is 14.7. The standard InChI is InChI=1S/C44H48F4N6O7S2/c1-9-25-19-43(25,41(57)53-63(58,59)42(7)14-15-42)52-38(55)33-17-27(20-54(33)40(56)36(23(4)5)49-26-10-12-30(45)29(16-26)44(46,47)48)61-35-18-31(39-51-32(21-62-39)22(2)3)50-37-24(6)34(60-8)13-11-28(35)37/h9-13,16,18,21-22,25,27,33,36,49H,1,4,14-15,17,19-20H2,2-3,5-8H3,(H,52,55)(H,53,57)/t25-,27-,33+,36+,43-/m1/s1. The summed E-state index contributed by atoms with van der Waals surface area (Å²) >= 11 is 1.41. The molecule has 1 saturated heterocycles. The van der Waals surface area contributed by atoms with Gasteiger partial charge in [-0.2, -0.15) is 13.2 Å². The highest BCUT2D eigenvalue weighted by Gasteiger charge is 2.63. The molecule has 13 nitrogen and oxygen atoms in total. The summed E-state index contributed by atoms with van der Waals surface area (Å²) in [4.78, 5) is 53.9. The van der Waals surface area contributed by atoms with E-state index in [9.17, 15) is 40.4 Å². The van der Waals surface area contributed by atoms with Crippen molar-refractivity contribution in [1.82, 2.24) is 24.9 Å². The first-order valence-electron chi connectivity index (χ1n) is 20.2. The quantitative estimate of drug-likeness (QED) is 0.0807. The zero-order chi connectivity index (χ0) is 46.0. The summed E-state index contributed by atoms with van der Waals surface area (Å²) in [5, 5.41) is 8.64. The van der Waals surface area contributed by atoms with E-state index < -0.39 is 79.7 Å². The molecule has 2 aromatic heterocycles. The van der Waals surface area contributed by atoms with E-state index in [-0.39, 0.29) is 36.6 Å². The third-order valence-electron chi connectivity index (χ3n) is 12.0. The van der Waals surface area contributed by atoms with Crippen LogP contribution in [0, 0.1) is 18.7 Å². The molecule has 19 heteroatoms. The molecule has 7 rings (SSSR count). The number of carbonyl (C=O) groups excluding carboxylic acids is 3. The Balaban J connectivity index is 1.25. The minimum absolute atomic E-state index is 0.0346. The molecule has 3 aliphatic rings. The number of anilines is 1. The van der Waals surface area contributed by atoms with Crippen LogP contribution in [-0.2, 0) is 30.6 Å². The summed E-state index contributed by atoms with van der Waals surface area (Å²) in [6, 6.07) is 4.70. The largest absolute Gasteiger partial charge is 0.496 e. The fraction of sp³-hybridized carbons (Fsp3) is 0.432. The van der Waals surface area contributed by atoms with Gasteiger partial charge in [0, 0.05) is 40.4 Å². The number of amides is 3. The number of carbonyl (C=O) groups is 3. The van der Waals surface area contributed by atoms with Crippen molar-refractivity contribution in [2.24, 2.45) is 5.92 Å². The minimum atomic E-state index is -5.03. The van der Waals surface area contributed by atoms with Crippen molar-refractivity contribution in [2.75, 3.05) is 19.0 Å². The van der Waals surface area contributed by atoms with E-state index in [0.717, 1.165) is 17.3 Å². The molecular weight excluding hydrogens is 865 g/mol. The first-order chi connectivity index (χ1) is 29.5. The number of pyridine rings is 1. The molecule has 0 unspecified atom stereocenters. The fourth-order valence-corrected chi connectivity index (χ4v) is 9.96. The van der Waals surface area contributed by atoms with Crippen LogP contribution in [0.1, 0.15) is 76.1 Å².